The molecule has 0 bridgehead atoms. The van der Waals surface area contributed by atoms with Crippen molar-refractivity contribution in [2.75, 3.05) is 4.72 Å². The Morgan fingerprint density at radius 2 is 1.70 bits per heavy atom. The van der Waals surface area contributed by atoms with Gasteiger partial charge >= 0.3 is 6.18 Å². The summed E-state index contributed by atoms with van der Waals surface area (Å²) in [7, 11) is -3.87. The Labute approximate surface area is 158 Å². The van der Waals surface area contributed by atoms with Crippen LogP contribution in [0.4, 0.5) is 18.9 Å². The molecule has 0 radical (unpaired) electrons. The van der Waals surface area contributed by atoms with Gasteiger partial charge in [0.15, 0.2) is 0 Å². The number of thiophene rings is 1. The van der Waals surface area contributed by atoms with Gasteiger partial charge in [0.1, 0.15) is 15.6 Å². The van der Waals surface area contributed by atoms with Gasteiger partial charge in [0.2, 0.25) is 0 Å². The molecule has 0 aliphatic carbocycles. The number of alkyl halides is 3. The Hall–Kier alpha value is -2.33. The van der Waals surface area contributed by atoms with Crippen molar-refractivity contribution in [3.8, 4) is 10.6 Å². The number of sulfonamides is 1. The third-order valence-electron chi connectivity index (χ3n) is 3.90. The predicted molar refractivity (Wildman–Crippen MR) is 98.4 cm³/mol. The van der Waals surface area contributed by atoms with Gasteiger partial charge in [-0.2, -0.15) is 18.3 Å². The predicted octanol–water partition coefficient (Wildman–Crippen LogP) is 4.88. The van der Waals surface area contributed by atoms with Gasteiger partial charge in [0.25, 0.3) is 10.0 Å². The highest BCUT2D eigenvalue weighted by Gasteiger charge is 2.33. The molecule has 2 aromatic heterocycles. The van der Waals surface area contributed by atoms with E-state index in [1.807, 2.05) is 24.2 Å². The number of aryl methyl sites for hydroxylation is 3. The molecule has 0 atom stereocenters. The van der Waals surface area contributed by atoms with Crippen LogP contribution >= 0.6 is 11.3 Å². The molecule has 0 fully saturated rings. The zero-order valence-electron chi connectivity index (χ0n) is 14.6. The number of anilines is 1. The van der Waals surface area contributed by atoms with Crippen LogP contribution in [-0.4, -0.2) is 18.6 Å². The molecular weight excluding hydrogens is 399 g/mol. The number of rotatable bonds is 4. The topological polar surface area (TPSA) is 74.8 Å². The Morgan fingerprint density at radius 1 is 1.07 bits per heavy atom. The number of H-pyrrole nitrogens is 1. The Kier molecular flexibility index (Phi) is 4.81. The van der Waals surface area contributed by atoms with Gasteiger partial charge in [-0.3, -0.25) is 9.82 Å². The Morgan fingerprint density at radius 3 is 2.26 bits per heavy atom. The fraction of sp³-hybridized carbons (Fsp3) is 0.235. The Bertz CT molecular complexity index is 1080. The molecule has 2 N–H and O–H groups in total. The summed E-state index contributed by atoms with van der Waals surface area (Å²) in [6, 6.07) is 7.37. The van der Waals surface area contributed by atoms with E-state index >= 15 is 0 Å². The molecule has 1 aromatic carbocycles. The van der Waals surface area contributed by atoms with Crippen LogP contribution in [0.1, 0.15) is 22.4 Å². The van der Waals surface area contributed by atoms with Crippen LogP contribution < -0.4 is 4.72 Å². The fourth-order valence-corrected chi connectivity index (χ4v) is 5.19. The summed E-state index contributed by atoms with van der Waals surface area (Å²) in [6.45, 7) is 5.53. The maximum absolute atomic E-state index is 12.7. The van der Waals surface area contributed by atoms with Crippen molar-refractivity contribution in [2.24, 2.45) is 0 Å². The fourth-order valence-electron chi connectivity index (χ4n) is 2.72. The van der Waals surface area contributed by atoms with Crippen molar-refractivity contribution >= 4 is 27.0 Å². The van der Waals surface area contributed by atoms with Gasteiger partial charge in [0, 0.05) is 0 Å². The minimum absolute atomic E-state index is 0.00608. The van der Waals surface area contributed by atoms with E-state index in [-0.39, 0.29) is 9.90 Å². The normalized spacial score (nSPS) is 12.4. The molecule has 10 heteroatoms. The van der Waals surface area contributed by atoms with Gasteiger partial charge < -0.3 is 0 Å². The summed E-state index contributed by atoms with van der Waals surface area (Å²) in [5.74, 6) is 0. The number of nitrogens with one attached hydrogen (secondary N) is 2. The van der Waals surface area contributed by atoms with E-state index in [1.165, 1.54) is 12.1 Å². The summed E-state index contributed by atoms with van der Waals surface area (Å²) >= 11 is 0.851. The van der Waals surface area contributed by atoms with Crippen molar-refractivity contribution in [1.82, 2.24) is 10.2 Å². The first-order valence-electron chi connectivity index (χ1n) is 7.81. The van der Waals surface area contributed by atoms with E-state index in [0.717, 1.165) is 34.1 Å². The number of aromatic nitrogens is 2. The number of halogens is 3. The van der Waals surface area contributed by atoms with Gasteiger partial charge in [-0.15, -0.1) is 11.3 Å². The van der Waals surface area contributed by atoms with E-state index in [9.17, 15) is 21.6 Å². The molecule has 0 saturated heterocycles. The quantitative estimate of drug-likeness (QED) is 0.638. The first-order valence-corrected chi connectivity index (χ1v) is 10.1. The SMILES string of the molecule is Cc1cc(C)c(NS(=O)(=O)c2ccc(-c3cc(C(F)(F)F)[nH]n3)s2)c(C)c1. The van der Waals surface area contributed by atoms with Crippen LogP contribution in [-0.2, 0) is 16.2 Å². The molecule has 3 rings (SSSR count). The molecule has 0 aliphatic heterocycles. The van der Waals surface area contributed by atoms with Crippen LogP contribution in [0.25, 0.3) is 10.6 Å². The van der Waals surface area contributed by atoms with E-state index < -0.39 is 21.9 Å². The first kappa shape index (κ1) is 19.4. The van der Waals surface area contributed by atoms with Crippen LogP contribution in [0.15, 0.2) is 34.5 Å². The zero-order valence-corrected chi connectivity index (χ0v) is 16.2. The average Bonchev–Trinajstić information content (AvgIpc) is 3.19. The van der Waals surface area contributed by atoms with E-state index in [4.69, 9.17) is 0 Å². The molecule has 0 saturated carbocycles. The number of hydrogen-bond acceptors (Lipinski definition) is 4. The lowest BCUT2D eigenvalue weighted by atomic mass is 10.1. The van der Waals surface area contributed by atoms with E-state index in [2.05, 4.69) is 9.82 Å². The lowest BCUT2D eigenvalue weighted by molar-refractivity contribution is -0.141. The van der Waals surface area contributed by atoms with Crippen LogP contribution in [0.2, 0.25) is 0 Å². The average molecular weight is 415 g/mol. The number of benzene rings is 1. The van der Waals surface area contributed by atoms with E-state index in [1.54, 1.807) is 13.8 Å². The number of nitrogens with zero attached hydrogens (tertiary/aromatic N) is 1. The standard InChI is InChI=1S/C17H16F3N3O2S2/c1-9-6-10(2)16(11(3)7-9)23-27(24,25)15-5-4-13(26-15)12-8-14(22-21-12)17(18,19)20/h4-8,23H,1-3H3,(H,21,22). The van der Waals surface area contributed by atoms with Gasteiger partial charge in [-0.05, 0) is 50.1 Å². The van der Waals surface area contributed by atoms with Crippen LogP contribution in [0.5, 0.6) is 0 Å². The second kappa shape index (κ2) is 6.68. The summed E-state index contributed by atoms with van der Waals surface area (Å²) in [4.78, 5) is 0.319. The molecule has 0 unspecified atom stereocenters. The second-order valence-electron chi connectivity index (χ2n) is 6.16. The molecule has 3 aromatic rings. The number of aromatic amines is 1. The molecule has 0 amide bonds. The lowest BCUT2D eigenvalue weighted by Gasteiger charge is -2.13. The maximum atomic E-state index is 12.7. The summed E-state index contributed by atoms with van der Waals surface area (Å²) in [5.41, 5.74) is 2.14. The lowest BCUT2D eigenvalue weighted by Crippen LogP contribution is -2.13. The summed E-state index contributed by atoms with van der Waals surface area (Å²) in [5, 5.41) is 5.54. The highest BCUT2D eigenvalue weighted by Crippen LogP contribution is 2.35. The van der Waals surface area contributed by atoms with Crippen molar-refractivity contribution in [2.45, 2.75) is 31.2 Å². The van der Waals surface area contributed by atoms with Crippen LogP contribution in [0.3, 0.4) is 0 Å². The molecule has 0 aliphatic rings. The molecule has 2 heterocycles. The second-order valence-corrected chi connectivity index (χ2v) is 9.16. The third-order valence-corrected chi connectivity index (χ3v) is 6.84. The van der Waals surface area contributed by atoms with Crippen molar-refractivity contribution in [1.29, 1.82) is 0 Å². The number of hydrogen-bond donors (Lipinski definition) is 2. The third kappa shape index (κ3) is 4.01. The summed E-state index contributed by atoms with van der Waals surface area (Å²) < 4.78 is 66.0. The maximum Gasteiger partial charge on any atom is 0.432 e. The zero-order chi connectivity index (χ0) is 20.0. The monoisotopic (exact) mass is 415 g/mol. The molecular formula is C17H16F3N3O2S2. The minimum Gasteiger partial charge on any atom is -0.278 e. The smallest absolute Gasteiger partial charge is 0.278 e. The van der Waals surface area contributed by atoms with E-state index in [0.29, 0.717) is 10.6 Å². The highest BCUT2D eigenvalue weighted by atomic mass is 32.2. The van der Waals surface area contributed by atoms with Crippen LogP contribution in [0, 0.1) is 20.8 Å². The molecule has 0 spiro atoms. The Balaban J connectivity index is 1.90. The summed E-state index contributed by atoms with van der Waals surface area (Å²) in [6.07, 6.45) is -4.54. The van der Waals surface area contributed by atoms with Gasteiger partial charge in [-0.1, -0.05) is 17.7 Å². The highest BCUT2D eigenvalue weighted by molar-refractivity contribution is 7.94. The molecule has 27 heavy (non-hydrogen) atoms. The van der Waals surface area contributed by atoms with Crippen molar-refractivity contribution < 1.29 is 21.6 Å². The molecule has 5 nitrogen and oxygen atoms in total. The molecule has 144 valence electrons. The first-order chi connectivity index (χ1) is 12.5. The van der Waals surface area contributed by atoms with Gasteiger partial charge in [-0.25, -0.2) is 8.42 Å². The van der Waals surface area contributed by atoms with Crippen molar-refractivity contribution in [3.63, 3.8) is 0 Å². The largest absolute Gasteiger partial charge is 0.432 e. The minimum atomic E-state index is -4.54. The van der Waals surface area contributed by atoms with Crippen molar-refractivity contribution in [3.05, 3.63) is 52.7 Å². The van der Waals surface area contributed by atoms with Gasteiger partial charge in [0.05, 0.1) is 10.6 Å².